The number of ether oxygens (including phenoxy) is 2. The third-order valence-electron chi connectivity index (χ3n) is 5.89. The predicted octanol–water partition coefficient (Wildman–Crippen LogP) is 4.00. The zero-order valence-corrected chi connectivity index (χ0v) is 19.3. The maximum atomic E-state index is 5.48. The van der Waals surface area contributed by atoms with Crippen molar-refractivity contribution in [3.63, 3.8) is 0 Å². The fourth-order valence-corrected chi connectivity index (χ4v) is 4.19. The maximum absolute atomic E-state index is 5.48. The Labute approximate surface area is 190 Å². The van der Waals surface area contributed by atoms with Crippen LogP contribution in [0.1, 0.15) is 30.0 Å². The molecule has 7 nitrogen and oxygen atoms in total. The molecule has 1 fully saturated rings. The SMILES string of the molecule is COc1ccc(CN2CCCC(c3cc(N(C)C)nc(-c4cccnc4)n3)C2)cc1OC. The second kappa shape index (κ2) is 9.96. The molecule has 0 N–H and O–H groups in total. The Balaban J connectivity index is 1.56. The number of aromatic nitrogens is 3. The summed E-state index contributed by atoms with van der Waals surface area (Å²) in [4.78, 5) is 18.5. The Morgan fingerprint density at radius 1 is 1.06 bits per heavy atom. The fourth-order valence-electron chi connectivity index (χ4n) is 4.19. The van der Waals surface area contributed by atoms with Crippen LogP contribution >= 0.6 is 0 Å². The molecular formula is C25H31N5O2. The van der Waals surface area contributed by atoms with Crippen LogP contribution in [0.3, 0.4) is 0 Å². The molecular weight excluding hydrogens is 402 g/mol. The van der Waals surface area contributed by atoms with Gasteiger partial charge in [-0.2, -0.15) is 0 Å². The third kappa shape index (κ3) is 4.99. The van der Waals surface area contributed by atoms with E-state index in [0.717, 1.165) is 66.9 Å². The highest BCUT2D eigenvalue weighted by atomic mass is 16.5. The van der Waals surface area contributed by atoms with Gasteiger partial charge in [-0.1, -0.05) is 6.07 Å². The van der Waals surface area contributed by atoms with Crippen molar-refractivity contribution in [2.24, 2.45) is 0 Å². The quantitative estimate of drug-likeness (QED) is 0.558. The molecule has 0 saturated carbocycles. The molecule has 0 amide bonds. The van der Waals surface area contributed by atoms with Gasteiger partial charge < -0.3 is 14.4 Å². The lowest BCUT2D eigenvalue weighted by molar-refractivity contribution is 0.198. The Bertz CT molecular complexity index is 1040. The standard InChI is InChI=1S/C25H31N5O2/c1-29(2)24-14-21(27-25(28-24)19-7-5-11-26-15-19)20-8-6-12-30(17-20)16-18-9-10-22(31-3)23(13-18)32-4/h5,7,9-11,13-15,20H,6,8,12,16-17H2,1-4H3. The van der Waals surface area contributed by atoms with E-state index in [2.05, 4.69) is 28.1 Å². The van der Waals surface area contributed by atoms with Gasteiger partial charge >= 0.3 is 0 Å². The highest BCUT2D eigenvalue weighted by Gasteiger charge is 2.24. The van der Waals surface area contributed by atoms with Crippen molar-refractivity contribution >= 4 is 5.82 Å². The van der Waals surface area contributed by atoms with Crippen molar-refractivity contribution < 1.29 is 9.47 Å². The van der Waals surface area contributed by atoms with E-state index in [-0.39, 0.29) is 0 Å². The van der Waals surface area contributed by atoms with E-state index in [0.29, 0.717) is 5.92 Å². The molecule has 1 unspecified atom stereocenters. The second-order valence-corrected chi connectivity index (χ2v) is 8.37. The van der Waals surface area contributed by atoms with Gasteiger partial charge in [-0.05, 0) is 49.2 Å². The summed E-state index contributed by atoms with van der Waals surface area (Å²) >= 11 is 0. The minimum absolute atomic E-state index is 0.362. The first-order valence-corrected chi connectivity index (χ1v) is 11.0. The molecule has 168 valence electrons. The van der Waals surface area contributed by atoms with Crippen molar-refractivity contribution in [2.75, 3.05) is 46.3 Å². The normalized spacial score (nSPS) is 16.6. The molecule has 7 heteroatoms. The monoisotopic (exact) mass is 433 g/mol. The van der Waals surface area contributed by atoms with Crippen LogP contribution in [-0.4, -0.2) is 61.3 Å². The first kappa shape index (κ1) is 22.0. The van der Waals surface area contributed by atoms with Gasteiger partial charge in [0.15, 0.2) is 17.3 Å². The summed E-state index contributed by atoms with van der Waals surface area (Å²) in [6.07, 6.45) is 5.86. The zero-order chi connectivity index (χ0) is 22.5. The Morgan fingerprint density at radius 2 is 1.91 bits per heavy atom. The number of rotatable bonds is 7. The number of benzene rings is 1. The van der Waals surface area contributed by atoms with Gasteiger partial charge in [-0.3, -0.25) is 9.88 Å². The first-order chi connectivity index (χ1) is 15.6. The molecule has 3 aromatic rings. The van der Waals surface area contributed by atoms with Crippen LogP contribution in [0.5, 0.6) is 11.5 Å². The van der Waals surface area contributed by atoms with Crippen LogP contribution < -0.4 is 14.4 Å². The number of hydrogen-bond donors (Lipinski definition) is 0. The number of nitrogens with zero attached hydrogens (tertiary/aromatic N) is 5. The van der Waals surface area contributed by atoms with Gasteiger partial charge in [-0.15, -0.1) is 0 Å². The van der Waals surface area contributed by atoms with E-state index in [1.54, 1.807) is 20.4 Å². The molecule has 1 aromatic carbocycles. The number of pyridine rings is 1. The van der Waals surface area contributed by atoms with Gasteiger partial charge in [0.1, 0.15) is 5.82 Å². The fraction of sp³-hybridized carbons (Fsp3) is 0.400. The number of likely N-dealkylation sites (tertiary alicyclic amines) is 1. The van der Waals surface area contributed by atoms with E-state index >= 15 is 0 Å². The molecule has 32 heavy (non-hydrogen) atoms. The summed E-state index contributed by atoms with van der Waals surface area (Å²) in [5.74, 6) is 3.54. The summed E-state index contributed by atoms with van der Waals surface area (Å²) in [6.45, 7) is 2.91. The van der Waals surface area contributed by atoms with Crippen LogP contribution in [0.25, 0.3) is 11.4 Å². The van der Waals surface area contributed by atoms with Crippen molar-refractivity contribution in [2.45, 2.75) is 25.3 Å². The lowest BCUT2D eigenvalue weighted by atomic mass is 9.94. The van der Waals surface area contributed by atoms with E-state index in [4.69, 9.17) is 19.4 Å². The van der Waals surface area contributed by atoms with Gasteiger partial charge in [-0.25, -0.2) is 9.97 Å². The van der Waals surface area contributed by atoms with Gasteiger partial charge in [0.2, 0.25) is 0 Å². The molecule has 0 spiro atoms. The van der Waals surface area contributed by atoms with E-state index in [1.807, 2.05) is 43.4 Å². The van der Waals surface area contributed by atoms with Crippen molar-refractivity contribution in [1.82, 2.24) is 19.9 Å². The lowest BCUT2D eigenvalue weighted by Gasteiger charge is -2.33. The summed E-state index contributed by atoms with van der Waals surface area (Å²) in [6, 6.07) is 12.2. The van der Waals surface area contributed by atoms with E-state index < -0.39 is 0 Å². The average Bonchev–Trinajstić information content (AvgIpc) is 2.84. The molecule has 1 atom stereocenters. The first-order valence-electron chi connectivity index (χ1n) is 11.0. The van der Waals surface area contributed by atoms with Crippen molar-refractivity contribution in [3.05, 3.63) is 60.0 Å². The summed E-state index contributed by atoms with van der Waals surface area (Å²) in [5, 5.41) is 0. The minimum Gasteiger partial charge on any atom is -0.493 e. The summed E-state index contributed by atoms with van der Waals surface area (Å²) in [7, 11) is 7.37. The van der Waals surface area contributed by atoms with Crippen LogP contribution in [-0.2, 0) is 6.54 Å². The Kier molecular flexibility index (Phi) is 6.85. The topological polar surface area (TPSA) is 63.6 Å². The van der Waals surface area contributed by atoms with Crippen LogP contribution in [0, 0.1) is 0 Å². The minimum atomic E-state index is 0.362. The maximum Gasteiger partial charge on any atom is 0.163 e. The second-order valence-electron chi connectivity index (χ2n) is 8.37. The van der Waals surface area contributed by atoms with Crippen LogP contribution in [0.15, 0.2) is 48.8 Å². The molecule has 0 radical (unpaired) electrons. The smallest absolute Gasteiger partial charge is 0.163 e. The Morgan fingerprint density at radius 3 is 2.62 bits per heavy atom. The largest absolute Gasteiger partial charge is 0.493 e. The molecule has 4 rings (SSSR count). The van der Waals surface area contributed by atoms with Gasteiger partial charge in [0.25, 0.3) is 0 Å². The molecule has 2 aromatic heterocycles. The molecule has 1 saturated heterocycles. The zero-order valence-electron chi connectivity index (χ0n) is 19.3. The van der Waals surface area contributed by atoms with Gasteiger partial charge in [0.05, 0.1) is 19.9 Å². The Hall–Kier alpha value is -3.19. The highest BCUT2D eigenvalue weighted by Crippen LogP contribution is 2.32. The molecule has 0 bridgehead atoms. The summed E-state index contributed by atoms with van der Waals surface area (Å²) in [5.41, 5.74) is 3.26. The molecule has 0 aliphatic carbocycles. The summed E-state index contributed by atoms with van der Waals surface area (Å²) < 4.78 is 10.9. The lowest BCUT2D eigenvalue weighted by Crippen LogP contribution is -2.34. The van der Waals surface area contributed by atoms with Crippen molar-refractivity contribution in [1.29, 1.82) is 0 Å². The third-order valence-corrected chi connectivity index (χ3v) is 5.89. The van der Waals surface area contributed by atoms with Crippen LogP contribution in [0.2, 0.25) is 0 Å². The van der Waals surface area contributed by atoms with E-state index in [9.17, 15) is 0 Å². The number of anilines is 1. The van der Waals surface area contributed by atoms with Gasteiger partial charge in [0, 0.05) is 57.1 Å². The molecule has 1 aliphatic heterocycles. The molecule has 3 heterocycles. The average molecular weight is 434 g/mol. The van der Waals surface area contributed by atoms with Crippen molar-refractivity contribution in [3.8, 4) is 22.9 Å². The molecule has 1 aliphatic rings. The van der Waals surface area contributed by atoms with Crippen LogP contribution in [0.4, 0.5) is 5.82 Å². The van der Waals surface area contributed by atoms with E-state index in [1.165, 1.54) is 5.56 Å². The number of hydrogen-bond acceptors (Lipinski definition) is 7. The number of piperidine rings is 1. The number of methoxy groups -OCH3 is 2. The predicted molar refractivity (Wildman–Crippen MR) is 126 cm³/mol. The highest BCUT2D eigenvalue weighted by molar-refractivity contribution is 5.57.